The maximum atomic E-state index is 13.9. The SMILES string of the molecule is CC(C)Cc1ccc(C(C)C(=O)Nc2nc(-c3ccc(F)cc3F)cs2)cc1. The number of carbonyl (C=O) groups is 1. The molecule has 1 N–H and O–H groups in total. The van der Waals surface area contributed by atoms with E-state index in [2.05, 4.69) is 36.3 Å². The van der Waals surface area contributed by atoms with Gasteiger partial charge >= 0.3 is 0 Å². The van der Waals surface area contributed by atoms with Crippen LogP contribution in [-0.2, 0) is 11.2 Å². The number of carbonyl (C=O) groups excluding carboxylic acids is 1. The van der Waals surface area contributed by atoms with Crippen LogP contribution in [0.25, 0.3) is 11.3 Å². The molecule has 2 aromatic carbocycles. The zero-order valence-electron chi connectivity index (χ0n) is 16.0. The lowest BCUT2D eigenvalue weighted by Crippen LogP contribution is -2.18. The molecule has 3 nitrogen and oxygen atoms in total. The zero-order valence-corrected chi connectivity index (χ0v) is 16.8. The highest BCUT2D eigenvalue weighted by Crippen LogP contribution is 2.28. The average molecular weight is 400 g/mol. The summed E-state index contributed by atoms with van der Waals surface area (Å²) in [5, 5.41) is 4.80. The molecule has 0 saturated heterocycles. The Bertz CT molecular complexity index is 967. The van der Waals surface area contributed by atoms with E-state index in [4.69, 9.17) is 0 Å². The van der Waals surface area contributed by atoms with Crippen molar-refractivity contribution in [3.63, 3.8) is 0 Å². The molecule has 0 fully saturated rings. The van der Waals surface area contributed by atoms with E-state index in [1.807, 2.05) is 19.1 Å². The van der Waals surface area contributed by atoms with E-state index in [0.717, 1.165) is 18.1 Å². The Morgan fingerprint density at radius 1 is 1.11 bits per heavy atom. The van der Waals surface area contributed by atoms with E-state index in [1.165, 1.54) is 29.0 Å². The number of thiazole rings is 1. The predicted octanol–water partition coefficient (Wildman–Crippen LogP) is 6.03. The van der Waals surface area contributed by atoms with Gasteiger partial charge in [0.25, 0.3) is 0 Å². The normalized spacial score (nSPS) is 12.2. The summed E-state index contributed by atoms with van der Waals surface area (Å²) in [6, 6.07) is 11.4. The molecule has 1 unspecified atom stereocenters. The van der Waals surface area contributed by atoms with Gasteiger partial charge in [0.1, 0.15) is 11.6 Å². The van der Waals surface area contributed by atoms with Crippen LogP contribution in [0.3, 0.4) is 0 Å². The third kappa shape index (κ3) is 4.81. The Kier molecular flexibility index (Phi) is 6.19. The minimum Gasteiger partial charge on any atom is -0.301 e. The molecular formula is C22H22F2N2OS. The number of rotatable bonds is 6. The van der Waals surface area contributed by atoms with Crippen LogP contribution < -0.4 is 5.32 Å². The van der Waals surface area contributed by atoms with Crippen molar-refractivity contribution < 1.29 is 13.6 Å². The van der Waals surface area contributed by atoms with E-state index in [1.54, 1.807) is 5.38 Å². The van der Waals surface area contributed by atoms with E-state index >= 15 is 0 Å². The quantitative estimate of drug-likeness (QED) is 0.549. The second kappa shape index (κ2) is 8.61. The standard InChI is InChI=1S/C22H22F2N2OS/c1-13(2)10-15-4-6-16(7-5-15)14(3)21(27)26-22-25-20(12-28-22)18-9-8-17(23)11-19(18)24/h4-9,11-14H,10H2,1-3H3,(H,25,26,27). The fourth-order valence-corrected chi connectivity index (χ4v) is 3.64. The first-order valence-corrected chi connectivity index (χ1v) is 10.0. The van der Waals surface area contributed by atoms with Gasteiger partial charge in [-0.15, -0.1) is 11.3 Å². The number of hydrogen-bond donors (Lipinski definition) is 1. The molecule has 146 valence electrons. The van der Waals surface area contributed by atoms with Crippen LogP contribution in [0.1, 0.15) is 37.8 Å². The largest absolute Gasteiger partial charge is 0.301 e. The molecule has 0 aliphatic heterocycles. The molecule has 0 radical (unpaired) electrons. The van der Waals surface area contributed by atoms with Gasteiger partial charge in [-0.25, -0.2) is 13.8 Å². The number of aromatic nitrogens is 1. The number of halogens is 2. The predicted molar refractivity (Wildman–Crippen MR) is 109 cm³/mol. The molecule has 1 heterocycles. The first-order valence-electron chi connectivity index (χ1n) is 9.14. The second-order valence-corrected chi connectivity index (χ2v) is 8.07. The molecule has 1 amide bonds. The molecular weight excluding hydrogens is 378 g/mol. The van der Waals surface area contributed by atoms with Crippen LogP contribution in [0, 0.1) is 17.6 Å². The minimum absolute atomic E-state index is 0.183. The monoisotopic (exact) mass is 400 g/mol. The van der Waals surface area contributed by atoms with Gasteiger partial charge in [0.05, 0.1) is 11.6 Å². The van der Waals surface area contributed by atoms with Crippen molar-refractivity contribution >= 4 is 22.4 Å². The van der Waals surface area contributed by atoms with Gasteiger partial charge in [-0.2, -0.15) is 0 Å². The Balaban J connectivity index is 1.68. The Hall–Kier alpha value is -2.60. The maximum Gasteiger partial charge on any atom is 0.233 e. The fourth-order valence-electron chi connectivity index (χ4n) is 2.93. The van der Waals surface area contributed by atoms with Crippen molar-refractivity contribution in [3.8, 4) is 11.3 Å². The van der Waals surface area contributed by atoms with Crippen LogP contribution in [0.15, 0.2) is 47.8 Å². The van der Waals surface area contributed by atoms with Crippen molar-refractivity contribution in [1.29, 1.82) is 0 Å². The van der Waals surface area contributed by atoms with Crippen LogP contribution in [0.5, 0.6) is 0 Å². The lowest BCUT2D eigenvalue weighted by Gasteiger charge is -2.12. The molecule has 6 heteroatoms. The van der Waals surface area contributed by atoms with E-state index in [-0.39, 0.29) is 17.4 Å². The molecule has 0 bridgehead atoms. The summed E-state index contributed by atoms with van der Waals surface area (Å²) < 4.78 is 27.0. The molecule has 1 aromatic heterocycles. The maximum absolute atomic E-state index is 13.9. The molecule has 28 heavy (non-hydrogen) atoms. The smallest absolute Gasteiger partial charge is 0.233 e. The Morgan fingerprint density at radius 2 is 1.82 bits per heavy atom. The highest BCUT2D eigenvalue weighted by molar-refractivity contribution is 7.14. The van der Waals surface area contributed by atoms with Crippen molar-refractivity contribution in [2.45, 2.75) is 33.1 Å². The molecule has 3 rings (SSSR count). The number of anilines is 1. The zero-order chi connectivity index (χ0) is 20.3. The number of nitrogens with zero attached hydrogens (tertiary/aromatic N) is 1. The van der Waals surface area contributed by atoms with Gasteiger partial charge in [-0.1, -0.05) is 38.1 Å². The Labute approximate surface area is 167 Å². The molecule has 0 aliphatic carbocycles. The third-order valence-corrected chi connectivity index (χ3v) is 5.22. The van der Waals surface area contributed by atoms with Crippen LogP contribution in [0.2, 0.25) is 0 Å². The van der Waals surface area contributed by atoms with Crippen molar-refractivity contribution in [2.75, 3.05) is 5.32 Å². The van der Waals surface area contributed by atoms with Crippen molar-refractivity contribution in [1.82, 2.24) is 4.98 Å². The minimum atomic E-state index is -0.682. The van der Waals surface area contributed by atoms with Gasteiger partial charge in [0, 0.05) is 17.0 Å². The number of benzene rings is 2. The van der Waals surface area contributed by atoms with Gasteiger partial charge in [-0.3, -0.25) is 4.79 Å². The average Bonchev–Trinajstić information content (AvgIpc) is 3.09. The highest BCUT2D eigenvalue weighted by Gasteiger charge is 2.18. The summed E-state index contributed by atoms with van der Waals surface area (Å²) in [4.78, 5) is 16.8. The van der Waals surface area contributed by atoms with E-state index < -0.39 is 11.6 Å². The van der Waals surface area contributed by atoms with Crippen LogP contribution in [0.4, 0.5) is 13.9 Å². The van der Waals surface area contributed by atoms with Gasteiger partial charge in [0.2, 0.25) is 5.91 Å². The van der Waals surface area contributed by atoms with E-state index in [9.17, 15) is 13.6 Å². The summed E-state index contributed by atoms with van der Waals surface area (Å²) in [6.07, 6.45) is 1.00. The third-order valence-electron chi connectivity index (χ3n) is 4.46. The molecule has 0 saturated carbocycles. The van der Waals surface area contributed by atoms with Crippen molar-refractivity contribution in [3.05, 3.63) is 70.6 Å². The number of hydrogen-bond acceptors (Lipinski definition) is 3. The fraction of sp³-hybridized carbons (Fsp3) is 0.273. The lowest BCUT2D eigenvalue weighted by atomic mass is 9.96. The molecule has 0 aliphatic rings. The lowest BCUT2D eigenvalue weighted by molar-refractivity contribution is -0.117. The summed E-state index contributed by atoms with van der Waals surface area (Å²) in [5.74, 6) is -1.27. The van der Waals surface area contributed by atoms with Crippen LogP contribution in [-0.4, -0.2) is 10.9 Å². The Morgan fingerprint density at radius 3 is 2.46 bits per heavy atom. The summed E-state index contributed by atoms with van der Waals surface area (Å²) in [5.41, 5.74) is 2.74. The van der Waals surface area contributed by atoms with Crippen molar-refractivity contribution in [2.24, 2.45) is 5.92 Å². The molecule has 1 atom stereocenters. The topological polar surface area (TPSA) is 42.0 Å². The highest BCUT2D eigenvalue weighted by atomic mass is 32.1. The second-order valence-electron chi connectivity index (χ2n) is 7.21. The van der Waals surface area contributed by atoms with Crippen LogP contribution >= 0.6 is 11.3 Å². The number of nitrogens with one attached hydrogen (secondary N) is 1. The van der Waals surface area contributed by atoms with Gasteiger partial charge in [-0.05, 0) is 42.5 Å². The first kappa shape index (κ1) is 20.1. The van der Waals surface area contributed by atoms with Gasteiger partial charge in [0.15, 0.2) is 5.13 Å². The van der Waals surface area contributed by atoms with Gasteiger partial charge < -0.3 is 5.32 Å². The van der Waals surface area contributed by atoms with E-state index in [0.29, 0.717) is 16.7 Å². The summed E-state index contributed by atoms with van der Waals surface area (Å²) in [6.45, 7) is 6.18. The molecule has 3 aromatic rings. The summed E-state index contributed by atoms with van der Waals surface area (Å²) >= 11 is 1.20. The number of amides is 1. The first-order chi connectivity index (χ1) is 13.3. The molecule has 0 spiro atoms. The summed E-state index contributed by atoms with van der Waals surface area (Å²) in [7, 11) is 0.